The lowest BCUT2D eigenvalue weighted by Gasteiger charge is -2.17. The molecule has 0 saturated carbocycles. The van der Waals surface area contributed by atoms with Crippen LogP contribution in [0.1, 0.15) is 12.5 Å². The van der Waals surface area contributed by atoms with Crippen LogP contribution in [0.3, 0.4) is 0 Å². The third kappa shape index (κ3) is 4.36. The van der Waals surface area contributed by atoms with Gasteiger partial charge in [0, 0.05) is 29.6 Å². The van der Waals surface area contributed by atoms with E-state index in [1.165, 1.54) is 5.56 Å². The molecule has 4 rings (SSSR count). The van der Waals surface area contributed by atoms with Crippen molar-refractivity contribution >= 4 is 11.0 Å². The number of hydrogen-bond donors (Lipinski definition) is 0. The van der Waals surface area contributed by atoms with Crippen LogP contribution in [0.2, 0.25) is 0 Å². The van der Waals surface area contributed by atoms with Crippen LogP contribution in [0.15, 0.2) is 66.9 Å². The Kier molecular flexibility index (Phi) is 5.81. The lowest BCUT2D eigenvalue weighted by atomic mass is 10.1. The summed E-state index contributed by atoms with van der Waals surface area (Å²) in [6, 6.07) is 20.5. The van der Waals surface area contributed by atoms with Crippen molar-refractivity contribution in [2.24, 2.45) is 5.92 Å². The van der Waals surface area contributed by atoms with Crippen LogP contribution in [0.5, 0.6) is 5.75 Å². The highest BCUT2D eigenvalue weighted by molar-refractivity contribution is 5.92. The molecule has 5 heteroatoms. The molecule has 2 aromatic carbocycles. The van der Waals surface area contributed by atoms with Crippen molar-refractivity contribution < 1.29 is 4.74 Å². The smallest absolute Gasteiger partial charge is 0.163 e. The van der Waals surface area contributed by atoms with E-state index in [2.05, 4.69) is 80.3 Å². The largest absolute Gasteiger partial charge is 0.493 e. The van der Waals surface area contributed by atoms with Gasteiger partial charge in [-0.05, 0) is 69.6 Å². The van der Waals surface area contributed by atoms with Crippen molar-refractivity contribution in [3.8, 4) is 22.7 Å². The summed E-state index contributed by atoms with van der Waals surface area (Å²) in [4.78, 5) is 6.77. The quantitative estimate of drug-likeness (QED) is 0.439. The van der Waals surface area contributed by atoms with Gasteiger partial charge in [0.15, 0.2) is 5.65 Å². The molecule has 154 valence electrons. The van der Waals surface area contributed by atoms with Crippen LogP contribution in [0.4, 0.5) is 0 Å². The first-order valence-corrected chi connectivity index (χ1v) is 10.3. The average Bonchev–Trinajstić information content (AvgIpc) is 3.12. The van der Waals surface area contributed by atoms with Crippen molar-refractivity contribution in [3.63, 3.8) is 0 Å². The van der Waals surface area contributed by atoms with Gasteiger partial charge >= 0.3 is 0 Å². The molecule has 0 aliphatic heterocycles. The number of fused-ring (bicyclic) bond motifs is 1. The predicted octanol–water partition coefficient (Wildman–Crippen LogP) is 4.97. The topological polar surface area (TPSA) is 43.2 Å². The number of benzene rings is 2. The zero-order chi connectivity index (χ0) is 21.1. The number of hydrogen-bond acceptors (Lipinski definition) is 4. The van der Waals surface area contributed by atoms with Gasteiger partial charge in [0.05, 0.1) is 12.3 Å². The van der Waals surface area contributed by atoms with Crippen LogP contribution < -0.4 is 4.74 Å². The summed E-state index contributed by atoms with van der Waals surface area (Å²) in [6.45, 7) is 5.99. The van der Waals surface area contributed by atoms with Crippen molar-refractivity contribution in [2.75, 3.05) is 27.2 Å². The Morgan fingerprint density at radius 1 is 1.00 bits per heavy atom. The summed E-state index contributed by atoms with van der Waals surface area (Å²) < 4.78 is 7.88. The monoisotopic (exact) mass is 400 g/mol. The molecule has 0 spiro atoms. The van der Waals surface area contributed by atoms with Gasteiger partial charge in [0.25, 0.3) is 0 Å². The first kappa shape index (κ1) is 20.1. The molecule has 2 aromatic heterocycles. The SMILES string of the molecule is Cc1ccc(-n2nc(-c3ccc(OCC(C)CN(C)C)cc3)c3cccnc32)cc1. The summed E-state index contributed by atoms with van der Waals surface area (Å²) in [7, 11) is 4.17. The second kappa shape index (κ2) is 8.67. The van der Waals surface area contributed by atoms with Crippen molar-refractivity contribution in [1.82, 2.24) is 19.7 Å². The van der Waals surface area contributed by atoms with E-state index in [-0.39, 0.29) is 0 Å². The van der Waals surface area contributed by atoms with Gasteiger partial charge in [-0.3, -0.25) is 0 Å². The molecule has 0 bridgehead atoms. The Morgan fingerprint density at radius 3 is 2.43 bits per heavy atom. The molecular formula is C25H28N4O. The van der Waals surface area contributed by atoms with Gasteiger partial charge in [-0.25, -0.2) is 9.67 Å². The van der Waals surface area contributed by atoms with Gasteiger partial charge in [-0.2, -0.15) is 5.10 Å². The predicted molar refractivity (Wildman–Crippen MR) is 122 cm³/mol. The van der Waals surface area contributed by atoms with E-state index < -0.39 is 0 Å². The zero-order valence-corrected chi connectivity index (χ0v) is 18.0. The van der Waals surface area contributed by atoms with Crippen molar-refractivity contribution in [3.05, 3.63) is 72.4 Å². The molecule has 1 unspecified atom stereocenters. The van der Waals surface area contributed by atoms with Crippen LogP contribution in [0, 0.1) is 12.8 Å². The standard InChI is InChI=1S/C25H28N4O/c1-18-7-11-21(12-8-18)29-25-23(6-5-15-26-25)24(27-29)20-9-13-22(14-10-20)30-17-19(2)16-28(3)4/h5-15,19H,16-17H2,1-4H3. The minimum Gasteiger partial charge on any atom is -0.493 e. The van der Waals surface area contributed by atoms with E-state index in [1.807, 2.05) is 29.1 Å². The van der Waals surface area contributed by atoms with Crippen LogP contribution in [0.25, 0.3) is 28.0 Å². The molecule has 0 fully saturated rings. The molecule has 0 aliphatic rings. The molecule has 0 radical (unpaired) electrons. The lowest BCUT2D eigenvalue weighted by Crippen LogP contribution is -2.24. The number of nitrogens with zero attached hydrogens (tertiary/aromatic N) is 4. The van der Waals surface area contributed by atoms with E-state index in [4.69, 9.17) is 9.84 Å². The van der Waals surface area contributed by atoms with E-state index in [0.29, 0.717) is 12.5 Å². The maximum absolute atomic E-state index is 5.97. The third-order valence-corrected chi connectivity index (χ3v) is 5.06. The Bertz CT molecular complexity index is 1110. The summed E-state index contributed by atoms with van der Waals surface area (Å²) in [5.74, 6) is 1.35. The minimum absolute atomic E-state index is 0.472. The lowest BCUT2D eigenvalue weighted by molar-refractivity contribution is 0.222. The minimum atomic E-state index is 0.472. The first-order chi connectivity index (χ1) is 14.5. The molecule has 0 N–H and O–H groups in total. The summed E-state index contributed by atoms with van der Waals surface area (Å²) in [6.07, 6.45) is 1.81. The molecule has 0 amide bonds. The van der Waals surface area contributed by atoms with E-state index >= 15 is 0 Å². The van der Waals surface area contributed by atoms with Crippen LogP contribution in [-0.4, -0.2) is 46.9 Å². The van der Waals surface area contributed by atoms with Crippen LogP contribution >= 0.6 is 0 Å². The molecule has 5 nitrogen and oxygen atoms in total. The second-order valence-corrected chi connectivity index (χ2v) is 8.17. The Balaban J connectivity index is 1.61. The number of aryl methyl sites for hydroxylation is 1. The van der Waals surface area contributed by atoms with E-state index in [0.717, 1.165) is 40.3 Å². The summed E-state index contributed by atoms with van der Waals surface area (Å²) >= 11 is 0. The number of rotatable bonds is 7. The molecule has 4 aromatic rings. The fourth-order valence-electron chi connectivity index (χ4n) is 3.65. The third-order valence-electron chi connectivity index (χ3n) is 5.06. The highest BCUT2D eigenvalue weighted by Crippen LogP contribution is 2.30. The molecule has 30 heavy (non-hydrogen) atoms. The van der Waals surface area contributed by atoms with Crippen molar-refractivity contribution in [2.45, 2.75) is 13.8 Å². The Hall–Kier alpha value is -3.18. The zero-order valence-electron chi connectivity index (χ0n) is 18.0. The number of pyridine rings is 1. The van der Waals surface area contributed by atoms with Gasteiger partial charge in [-0.1, -0.05) is 24.6 Å². The Labute approximate surface area is 177 Å². The molecule has 0 aliphatic carbocycles. The van der Waals surface area contributed by atoms with Gasteiger partial charge < -0.3 is 9.64 Å². The first-order valence-electron chi connectivity index (χ1n) is 10.3. The molecular weight excluding hydrogens is 372 g/mol. The fourth-order valence-corrected chi connectivity index (χ4v) is 3.65. The van der Waals surface area contributed by atoms with Gasteiger partial charge in [0.1, 0.15) is 11.4 Å². The molecule has 0 saturated heterocycles. The molecule has 2 heterocycles. The van der Waals surface area contributed by atoms with E-state index in [1.54, 1.807) is 0 Å². The van der Waals surface area contributed by atoms with Crippen molar-refractivity contribution in [1.29, 1.82) is 0 Å². The van der Waals surface area contributed by atoms with E-state index in [9.17, 15) is 0 Å². The maximum atomic E-state index is 5.97. The highest BCUT2D eigenvalue weighted by Gasteiger charge is 2.14. The van der Waals surface area contributed by atoms with Gasteiger partial charge in [-0.15, -0.1) is 0 Å². The average molecular weight is 401 g/mol. The summed E-state index contributed by atoms with van der Waals surface area (Å²) in [5.41, 5.74) is 5.05. The highest BCUT2D eigenvalue weighted by atomic mass is 16.5. The second-order valence-electron chi connectivity index (χ2n) is 8.17. The van der Waals surface area contributed by atoms with Crippen LogP contribution in [-0.2, 0) is 0 Å². The Morgan fingerprint density at radius 2 is 1.73 bits per heavy atom. The maximum Gasteiger partial charge on any atom is 0.163 e. The number of ether oxygens (including phenoxy) is 1. The fraction of sp³-hybridized carbons (Fsp3) is 0.280. The normalized spacial score (nSPS) is 12.4. The number of aromatic nitrogens is 3. The molecule has 1 atom stereocenters. The summed E-state index contributed by atoms with van der Waals surface area (Å²) in [5, 5.41) is 5.94. The van der Waals surface area contributed by atoms with Gasteiger partial charge in [0.2, 0.25) is 0 Å².